The van der Waals surface area contributed by atoms with E-state index in [1.165, 1.54) is 0 Å². The zero-order chi connectivity index (χ0) is 23.3. The number of anilines is 1. The molecule has 0 fully saturated rings. The van der Waals surface area contributed by atoms with E-state index in [4.69, 9.17) is 10.5 Å². The van der Waals surface area contributed by atoms with Crippen molar-refractivity contribution in [2.45, 2.75) is 25.7 Å². The van der Waals surface area contributed by atoms with Gasteiger partial charge in [-0.2, -0.15) is 4.98 Å². The van der Waals surface area contributed by atoms with Gasteiger partial charge in [0.05, 0.1) is 6.61 Å². The number of rotatable bonds is 13. The number of hydrogen-bond acceptors (Lipinski definition) is 8. The van der Waals surface area contributed by atoms with Crippen molar-refractivity contribution in [3.8, 4) is 5.88 Å². The highest BCUT2D eigenvalue weighted by Crippen LogP contribution is 2.19. The Morgan fingerprint density at radius 1 is 1.27 bits per heavy atom. The summed E-state index contributed by atoms with van der Waals surface area (Å²) in [7, 11) is 1.89. The lowest BCUT2D eigenvalue weighted by atomic mass is 10.1. The number of aromatic nitrogens is 2. The van der Waals surface area contributed by atoms with Gasteiger partial charge in [-0.25, -0.2) is 9.98 Å². The van der Waals surface area contributed by atoms with E-state index in [1.807, 2.05) is 43.6 Å². The summed E-state index contributed by atoms with van der Waals surface area (Å²) in [6.45, 7) is 4.09. The summed E-state index contributed by atoms with van der Waals surface area (Å²) >= 11 is 0. The molecule has 9 heteroatoms. The molecular weight excluding hydrogens is 418 g/mol. The Morgan fingerprint density at radius 2 is 2.18 bits per heavy atom. The normalized spacial score (nSPS) is 14.6. The number of carbonyl (C=O) groups is 1. The second-order valence-corrected chi connectivity index (χ2v) is 7.85. The molecule has 3 rings (SSSR count). The fourth-order valence-electron chi connectivity index (χ4n) is 3.56. The Balaban J connectivity index is 1.41. The molecular formula is C24H33N7O2. The smallest absolute Gasteiger partial charge is 0.215 e. The molecule has 0 spiro atoms. The van der Waals surface area contributed by atoms with Crippen molar-refractivity contribution in [2.75, 3.05) is 45.2 Å². The Labute approximate surface area is 195 Å². The molecule has 0 aromatic carbocycles. The molecule has 0 bridgehead atoms. The van der Waals surface area contributed by atoms with Gasteiger partial charge in [-0.05, 0) is 63.2 Å². The van der Waals surface area contributed by atoms with Gasteiger partial charge < -0.3 is 21.1 Å². The number of amides is 1. The van der Waals surface area contributed by atoms with E-state index in [1.54, 1.807) is 6.20 Å². The van der Waals surface area contributed by atoms with Crippen molar-refractivity contribution in [3.05, 3.63) is 53.4 Å². The summed E-state index contributed by atoms with van der Waals surface area (Å²) in [4.78, 5) is 26.4. The average molecular weight is 452 g/mol. The van der Waals surface area contributed by atoms with Gasteiger partial charge in [0.25, 0.3) is 0 Å². The summed E-state index contributed by atoms with van der Waals surface area (Å²) in [6.07, 6.45) is 7.75. The molecule has 4 N–H and O–H groups in total. The number of ether oxygens (including phenoxy) is 1. The Hall–Kier alpha value is -3.30. The molecule has 1 amide bonds. The molecule has 0 saturated heterocycles. The number of unbranched alkanes of at least 4 members (excludes halogenated alkanes) is 1. The maximum Gasteiger partial charge on any atom is 0.215 e. The van der Waals surface area contributed by atoms with Crippen LogP contribution in [0.2, 0.25) is 0 Å². The third-order valence-electron chi connectivity index (χ3n) is 5.42. The van der Waals surface area contributed by atoms with E-state index >= 15 is 0 Å². The SMILES string of the molecule is CNCCc1ccc(OCCCCN2CCC(N)=C(/C=N/c3ccccn3)C2)nc1NC=O. The van der Waals surface area contributed by atoms with Crippen LogP contribution >= 0.6 is 0 Å². The Kier molecular flexibility index (Phi) is 9.81. The van der Waals surface area contributed by atoms with Crippen LogP contribution in [-0.2, 0) is 11.2 Å². The largest absolute Gasteiger partial charge is 0.478 e. The first-order chi connectivity index (χ1) is 16.2. The maximum absolute atomic E-state index is 10.9. The predicted octanol–water partition coefficient (Wildman–Crippen LogP) is 2.29. The summed E-state index contributed by atoms with van der Waals surface area (Å²) in [5.41, 5.74) is 9.13. The molecule has 0 atom stereocenters. The van der Waals surface area contributed by atoms with Crippen LogP contribution in [0.4, 0.5) is 11.6 Å². The molecule has 0 unspecified atom stereocenters. The van der Waals surface area contributed by atoms with Crippen LogP contribution in [-0.4, -0.2) is 67.3 Å². The number of aliphatic imine (C=N–C) groups is 1. The minimum absolute atomic E-state index is 0.522. The average Bonchev–Trinajstić information content (AvgIpc) is 2.84. The van der Waals surface area contributed by atoms with Gasteiger partial charge in [0, 0.05) is 49.3 Å². The summed E-state index contributed by atoms with van der Waals surface area (Å²) < 4.78 is 5.81. The summed E-state index contributed by atoms with van der Waals surface area (Å²) in [5.74, 6) is 1.76. The van der Waals surface area contributed by atoms with Gasteiger partial charge in [0.1, 0.15) is 5.82 Å². The molecule has 176 valence electrons. The van der Waals surface area contributed by atoms with Crippen molar-refractivity contribution in [1.82, 2.24) is 20.2 Å². The highest BCUT2D eigenvalue weighted by atomic mass is 16.5. The number of carbonyl (C=O) groups excluding carboxylic acids is 1. The zero-order valence-corrected chi connectivity index (χ0v) is 19.2. The minimum Gasteiger partial charge on any atom is -0.478 e. The number of pyridine rings is 2. The molecule has 33 heavy (non-hydrogen) atoms. The first-order valence-corrected chi connectivity index (χ1v) is 11.3. The van der Waals surface area contributed by atoms with Gasteiger partial charge >= 0.3 is 0 Å². The molecule has 1 aliphatic heterocycles. The minimum atomic E-state index is 0.522. The van der Waals surface area contributed by atoms with Crippen LogP contribution in [0, 0.1) is 0 Å². The maximum atomic E-state index is 10.9. The lowest BCUT2D eigenvalue weighted by Crippen LogP contribution is -2.34. The lowest BCUT2D eigenvalue weighted by molar-refractivity contribution is -0.105. The second kappa shape index (κ2) is 13.3. The third-order valence-corrected chi connectivity index (χ3v) is 5.42. The second-order valence-electron chi connectivity index (χ2n) is 7.85. The van der Waals surface area contributed by atoms with E-state index in [-0.39, 0.29) is 0 Å². The van der Waals surface area contributed by atoms with Crippen molar-refractivity contribution >= 4 is 24.3 Å². The van der Waals surface area contributed by atoms with Crippen LogP contribution < -0.4 is 21.1 Å². The van der Waals surface area contributed by atoms with Crippen LogP contribution in [0.15, 0.2) is 52.8 Å². The Morgan fingerprint density at radius 3 is 2.97 bits per heavy atom. The zero-order valence-electron chi connectivity index (χ0n) is 19.2. The van der Waals surface area contributed by atoms with Crippen LogP contribution in [0.5, 0.6) is 5.88 Å². The van der Waals surface area contributed by atoms with Gasteiger partial charge in [0.2, 0.25) is 12.3 Å². The number of nitrogens with two attached hydrogens (primary N) is 1. The van der Waals surface area contributed by atoms with E-state index in [0.717, 1.165) is 68.7 Å². The molecule has 0 radical (unpaired) electrons. The van der Waals surface area contributed by atoms with Crippen molar-refractivity contribution < 1.29 is 9.53 Å². The van der Waals surface area contributed by atoms with Gasteiger partial charge in [-0.1, -0.05) is 6.07 Å². The molecule has 2 aromatic heterocycles. The Bertz CT molecular complexity index is 947. The third kappa shape index (κ3) is 7.96. The molecule has 1 aliphatic rings. The number of nitrogens with zero attached hydrogens (tertiary/aromatic N) is 4. The monoisotopic (exact) mass is 451 g/mol. The standard InChI is InChI=1S/C24H33N7O2/c1-26-12-9-19-7-8-23(30-24(19)29-18-32)33-15-5-4-13-31-14-10-21(25)20(17-31)16-28-22-6-2-3-11-27-22/h2-3,6-8,11,16,18,26H,4-5,9-10,12-15,17,25H2,1H3,(H,29,30,32)/b28-16+. The van der Waals surface area contributed by atoms with Crippen molar-refractivity contribution in [3.63, 3.8) is 0 Å². The van der Waals surface area contributed by atoms with Crippen LogP contribution in [0.1, 0.15) is 24.8 Å². The molecule has 3 heterocycles. The van der Waals surface area contributed by atoms with E-state index in [0.29, 0.717) is 30.5 Å². The lowest BCUT2D eigenvalue weighted by Gasteiger charge is -2.28. The summed E-state index contributed by atoms with van der Waals surface area (Å²) in [6, 6.07) is 9.46. The van der Waals surface area contributed by atoms with Crippen molar-refractivity contribution in [2.24, 2.45) is 10.7 Å². The van der Waals surface area contributed by atoms with Crippen LogP contribution in [0.3, 0.4) is 0 Å². The number of likely N-dealkylation sites (N-methyl/N-ethyl adjacent to an activating group) is 1. The number of nitrogens with one attached hydrogen (secondary N) is 2. The van der Waals surface area contributed by atoms with Gasteiger partial charge in [-0.15, -0.1) is 0 Å². The fourth-order valence-corrected chi connectivity index (χ4v) is 3.56. The number of hydrogen-bond donors (Lipinski definition) is 3. The molecule has 2 aromatic rings. The van der Waals surface area contributed by atoms with Gasteiger partial charge in [0.15, 0.2) is 5.82 Å². The highest BCUT2D eigenvalue weighted by Gasteiger charge is 2.15. The quantitative estimate of drug-likeness (QED) is 0.243. The van der Waals surface area contributed by atoms with Crippen LogP contribution in [0.25, 0.3) is 0 Å². The van der Waals surface area contributed by atoms with E-state index < -0.39 is 0 Å². The molecule has 9 nitrogen and oxygen atoms in total. The molecule has 0 saturated carbocycles. The van der Waals surface area contributed by atoms with E-state index in [2.05, 4.69) is 30.5 Å². The summed E-state index contributed by atoms with van der Waals surface area (Å²) in [5, 5.41) is 5.76. The first kappa shape index (κ1) is 24.3. The highest BCUT2D eigenvalue weighted by molar-refractivity contribution is 5.82. The fraction of sp³-hybridized carbons (Fsp3) is 0.417. The molecule has 0 aliphatic carbocycles. The predicted molar refractivity (Wildman–Crippen MR) is 131 cm³/mol. The first-order valence-electron chi connectivity index (χ1n) is 11.3. The topological polar surface area (TPSA) is 118 Å². The van der Waals surface area contributed by atoms with Gasteiger partial charge in [-0.3, -0.25) is 9.69 Å². The van der Waals surface area contributed by atoms with E-state index in [9.17, 15) is 4.79 Å². The van der Waals surface area contributed by atoms with Crippen molar-refractivity contribution in [1.29, 1.82) is 0 Å².